The molecule has 0 fully saturated rings. The van der Waals surface area contributed by atoms with E-state index in [1.54, 1.807) is 31.4 Å². The predicted molar refractivity (Wildman–Crippen MR) is 130 cm³/mol. The zero-order valence-corrected chi connectivity index (χ0v) is 20.3. The Morgan fingerprint density at radius 3 is 1.44 bits per heavy atom. The molecule has 0 aliphatic carbocycles. The summed E-state index contributed by atoms with van der Waals surface area (Å²) in [7, 11) is 1.57. The normalized spacial score (nSPS) is 9.74. The van der Waals surface area contributed by atoms with Crippen molar-refractivity contribution >= 4 is 39.2 Å². The van der Waals surface area contributed by atoms with E-state index in [9.17, 15) is 15.3 Å². The Kier molecular flexibility index (Phi) is 9.69. The molecule has 7 heteroatoms. The molecule has 34 heavy (non-hydrogen) atoms. The SMILES string of the molecule is COc1ccc([O-])cc1.Cc1ccc2cccc([O-])c2n1.Cc1ccc2cccc([O-])c2n1.[Al+3]. The standard InChI is InChI=1S/2C10H9NO.C7H8O2.Al/c2*1-7-5-6-8-3-2-4-9(12)10(8)11-7;1-9-7-4-2-6(8)3-5-7;/h2*2-6,12H,1H3;2-5,8H,1H3;/q;;;+3/p-3. The molecule has 168 valence electrons. The van der Waals surface area contributed by atoms with Gasteiger partial charge in [-0.1, -0.05) is 72.2 Å². The largest absolute Gasteiger partial charge is 3.00 e. The van der Waals surface area contributed by atoms with Crippen LogP contribution in [0.25, 0.3) is 21.8 Å². The van der Waals surface area contributed by atoms with Gasteiger partial charge in [0.2, 0.25) is 0 Å². The Morgan fingerprint density at radius 1 is 0.588 bits per heavy atom. The quantitative estimate of drug-likeness (QED) is 0.350. The van der Waals surface area contributed by atoms with Gasteiger partial charge >= 0.3 is 17.4 Å². The van der Waals surface area contributed by atoms with Gasteiger partial charge in [-0.2, -0.15) is 0 Å². The number of aromatic nitrogens is 2. The van der Waals surface area contributed by atoms with Crippen LogP contribution in [0.1, 0.15) is 11.4 Å². The van der Waals surface area contributed by atoms with Crippen LogP contribution in [-0.2, 0) is 0 Å². The molecule has 0 radical (unpaired) electrons. The maximum Gasteiger partial charge on any atom is 3.00 e. The number of pyridine rings is 2. The number of nitrogens with zero attached hydrogens (tertiary/aromatic N) is 2. The minimum atomic E-state index is -0.00352. The minimum Gasteiger partial charge on any atom is -0.872 e. The first-order valence-electron chi connectivity index (χ1n) is 10.2. The molecule has 3 aromatic carbocycles. The van der Waals surface area contributed by atoms with Gasteiger partial charge in [-0.3, -0.25) is 9.97 Å². The van der Waals surface area contributed by atoms with Crippen LogP contribution < -0.4 is 20.1 Å². The Bertz CT molecular complexity index is 1280. The van der Waals surface area contributed by atoms with Gasteiger partial charge in [-0.05, 0) is 48.9 Å². The number of para-hydroxylation sites is 2. The van der Waals surface area contributed by atoms with E-state index >= 15 is 0 Å². The fraction of sp³-hybridized carbons (Fsp3) is 0.111. The summed E-state index contributed by atoms with van der Waals surface area (Å²) in [5, 5.41) is 34.8. The molecule has 0 aliphatic rings. The average Bonchev–Trinajstić information content (AvgIpc) is 2.82. The van der Waals surface area contributed by atoms with Gasteiger partial charge < -0.3 is 20.1 Å². The molecule has 0 amide bonds. The molecule has 2 heterocycles. The maximum absolute atomic E-state index is 11.3. The summed E-state index contributed by atoms with van der Waals surface area (Å²) in [5.74, 6) is 0.720. The molecule has 5 rings (SSSR count). The number of aryl methyl sites for hydroxylation is 2. The van der Waals surface area contributed by atoms with Crippen LogP contribution in [0.15, 0.2) is 84.9 Å². The Morgan fingerprint density at radius 2 is 1.03 bits per heavy atom. The Labute approximate surface area is 209 Å². The smallest absolute Gasteiger partial charge is 0.872 e. The van der Waals surface area contributed by atoms with E-state index in [1.165, 1.54) is 24.3 Å². The summed E-state index contributed by atoms with van der Waals surface area (Å²) in [6, 6.07) is 24.2. The summed E-state index contributed by atoms with van der Waals surface area (Å²) in [5.41, 5.74) is 2.90. The molecule has 0 unspecified atom stereocenters. The first-order chi connectivity index (χ1) is 15.9. The summed E-state index contributed by atoms with van der Waals surface area (Å²) in [6.07, 6.45) is 0. The number of benzene rings is 3. The monoisotopic (exact) mass is 466 g/mol. The maximum atomic E-state index is 11.3. The fourth-order valence-corrected chi connectivity index (χ4v) is 3.01. The molecular formula is C27H23AlN2O4. The van der Waals surface area contributed by atoms with Crippen LogP contribution in [0.5, 0.6) is 23.0 Å². The van der Waals surface area contributed by atoms with Crippen LogP contribution >= 0.6 is 0 Å². The third kappa shape index (κ3) is 7.11. The summed E-state index contributed by atoms with van der Waals surface area (Å²) in [6.45, 7) is 3.76. The van der Waals surface area contributed by atoms with Crippen LogP contribution in [0.3, 0.4) is 0 Å². The van der Waals surface area contributed by atoms with E-state index in [0.717, 1.165) is 27.9 Å². The average molecular weight is 466 g/mol. The second kappa shape index (κ2) is 12.5. The summed E-state index contributed by atoms with van der Waals surface area (Å²) < 4.78 is 4.83. The molecule has 6 nitrogen and oxygen atoms in total. The summed E-state index contributed by atoms with van der Waals surface area (Å²) in [4.78, 5) is 8.33. The van der Waals surface area contributed by atoms with Crippen molar-refractivity contribution < 1.29 is 20.1 Å². The Balaban J connectivity index is 0.000000180. The first kappa shape index (κ1) is 26.5. The molecule has 0 spiro atoms. The molecule has 0 N–H and O–H groups in total. The number of rotatable bonds is 1. The third-order valence-electron chi connectivity index (χ3n) is 4.70. The van der Waals surface area contributed by atoms with Crippen LogP contribution in [0.2, 0.25) is 0 Å². The molecule has 0 atom stereocenters. The number of hydrogen-bond donors (Lipinski definition) is 0. The van der Waals surface area contributed by atoms with Gasteiger partial charge in [0.05, 0.1) is 18.1 Å². The molecule has 2 aromatic heterocycles. The predicted octanol–water partition coefficient (Wildman–Crippen LogP) is 3.62. The van der Waals surface area contributed by atoms with Crippen molar-refractivity contribution in [1.82, 2.24) is 9.97 Å². The van der Waals surface area contributed by atoms with Crippen LogP contribution in [0, 0.1) is 13.8 Å². The van der Waals surface area contributed by atoms with Crippen molar-refractivity contribution in [3.8, 4) is 23.0 Å². The van der Waals surface area contributed by atoms with Gasteiger partial charge in [-0.25, -0.2) is 0 Å². The van der Waals surface area contributed by atoms with Crippen LogP contribution in [0.4, 0.5) is 0 Å². The number of methoxy groups -OCH3 is 1. The molecule has 5 aromatic rings. The van der Waals surface area contributed by atoms with E-state index in [0.29, 0.717) is 11.0 Å². The van der Waals surface area contributed by atoms with Crippen molar-refractivity contribution in [1.29, 1.82) is 0 Å². The van der Waals surface area contributed by atoms with E-state index in [2.05, 4.69) is 9.97 Å². The van der Waals surface area contributed by atoms with Crippen molar-refractivity contribution in [2.75, 3.05) is 7.11 Å². The van der Waals surface area contributed by atoms with Crippen molar-refractivity contribution in [2.24, 2.45) is 0 Å². The Hall–Kier alpha value is -3.79. The zero-order chi connectivity index (χ0) is 23.8. The topological polar surface area (TPSA) is 104 Å². The third-order valence-corrected chi connectivity index (χ3v) is 4.70. The summed E-state index contributed by atoms with van der Waals surface area (Å²) >= 11 is 0. The second-order valence-electron chi connectivity index (χ2n) is 7.24. The van der Waals surface area contributed by atoms with Gasteiger partial charge in [-0.15, -0.1) is 5.75 Å². The van der Waals surface area contributed by atoms with Gasteiger partial charge in [0.25, 0.3) is 0 Å². The minimum absolute atomic E-state index is 0. The number of hydrogen-bond acceptors (Lipinski definition) is 6. The number of ether oxygens (including phenoxy) is 1. The van der Waals surface area contributed by atoms with E-state index < -0.39 is 0 Å². The van der Waals surface area contributed by atoms with Crippen molar-refractivity contribution in [2.45, 2.75) is 13.8 Å². The van der Waals surface area contributed by atoms with Crippen molar-refractivity contribution in [3.63, 3.8) is 0 Å². The zero-order valence-electron chi connectivity index (χ0n) is 19.2. The fourth-order valence-electron chi connectivity index (χ4n) is 3.01. The molecule has 0 saturated carbocycles. The van der Waals surface area contributed by atoms with Gasteiger partial charge in [0.15, 0.2) is 0 Å². The van der Waals surface area contributed by atoms with E-state index in [1.807, 2.05) is 50.2 Å². The molecule has 0 bridgehead atoms. The van der Waals surface area contributed by atoms with E-state index in [-0.39, 0.29) is 34.6 Å². The molecule has 0 aliphatic heterocycles. The van der Waals surface area contributed by atoms with Gasteiger partial charge in [0.1, 0.15) is 5.75 Å². The van der Waals surface area contributed by atoms with Crippen LogP contribution in [-0.4, -0.2) is 34.4 Å². The van der Waals surface area contributed by atoms with Gasteiger partial charge in [0, 0.05) is 11.4 Å². The molecular weight excluding hydrogens is 443 g/mol. The van der Waals surface area contributed by atoms with E-state index in [4.69, 9.17) is 4.74 Å². The molecule has 0 saturated heterocycles. The van der Waals surface area contributed by atoms with Crippen molar-refractivity contribution in [3.05, 3.63) is 96.3 Å². The first-order valence-corrected chi connectivity index (χ1v) is 10.2. The second-order valence-corrected chi connectivity index (χ2v) is 7.24. The number of fused-ring (bicyclic) bond motifs is 2.